The summed E-state index contributed by atoms with van der Waals surface area (Å²) >= 11 is 0. The highest BCUT2D eigenvalue weighted by atomic mass is 16.5. The Balaban J connectivity index is 2.75. The zero-order valence-corrected chi connectivity index (χ0v) is 10.2. The van der Waals surface area contributed by atoms with Gasteiger partial charge in [-0.1, -0.05) is 0 Å². The van der Waals surface area contributed by atoms with E-state index in [0.717, 1.165) is 17.6 Å². The topological polar surface area (TPSA) is 26.3 Å². The van der Waals surface area contributed by atoms with E-state index in [1.54, 1.807) is 0 Å². The maximum Gasteiger partial charge on any atom is 0.149 e. The third-order valence-corrected chi connectivity index (χ3v) is 3.54. The van der Waals surface area contributed by atoms with Gasteiger partial charge in [0.05, 0.1) is 0 Å². The molecule has 0 radical (unpaired) electrons. The molecule has 0 aliphatic carbocycles. The van der Waals surface area contributed by atoms with Crippen molar-refractivity contribution in [2.45, 2.75) is 27.7 Å². The molecule has 2 rings (SSSR count). The molecule has 0 N–H and O–H groups in total. The van der Waals surface area contributed by atoms with Crippen molar-refractivity contribution < 1.29 is 9.53 Å². The van der Waals surface area contributed by atoms with Gasteiger partial charge in [-0.25, -0.2) is 0 Å². The van der Waals surface area contributed by atoms with Gasteiger partial charge in [0.2, 0.25) is 0 Å². The fourth-order valence-corrected chi connectivity index (χ4v) is 2.12. The summed E-state index contributed by atoms with van der Waals surface area (Å²) in [6.45, 7) is 8.76. The second-order valence-electron chi connectivity index (χ2n) is 4.37. The van der Waals surface area contributed by atoms with E-state index in [9.17, 15) is 4.79 Å². The number of benzene rings is 1. The van der Waals surface area contributed by atoms with Crippen LogP contribution in [0.25, 0.3) is 6.08 Å². The van der Waals surface area contributed by atoms with Gasteiger partial charge in [-0.05, 0) is 56.0 Å². The van der Waals surface area contributed by atoms with Crippen molar-refractivity contribution in [2.24, 2.45) is 0 Å². The van der Waals surface area contributed by atoms with Crippen molar-refractivity contribution in [1.29, 1.82) is 0 Å². The number of hydrogen-bond donors (Lipinski definition) is 0. The van der Waals surface area contributed by atoms with Crippen molar-refractivity contribution in [3.63, 3.8) is 0 Å². The van der Waals surface area contributed by atoms with Crippen LogP contribution in [0.15, 0.2) is 5.57 Å². The number of rotatable bonds is 1. The lowest BCUT2D eigenvalue weighted by Crippen LogP contribution is -2.12. The number of carbonyl (C=O) groups excluding carboxylic acids is 1. The Labute approximate surface area is 95.9 Å². The predicted octanol–water partition coefficient (Wildman–Crippen LogP) is 2.89. The van der Waals surface area contributed by atoms with E-state index < -0.39 is 0 Å². The summed E-state index contributed by atoms with van der Waals surface area (Å²) in [5.41, 5.74) is 6.71. The van der Waals surface area contributed by atoms with E-state index in [-0.39, 0.29) is 0 Å². The van der Waals surface area contributed by atoms with Gasteiger partial charge in [-0.3, -0.25) is 4.79 Å². The summed E-state index contributed by atoms with van der Waals surface area (Å²) in [5, 5.41) is 0. The molecule has 2 heteroatoms. The van der Waals surface area contributed by atoms with E-state index in [0.29, 0.717) is 12.2 Å². The maximum absolute atomic E-state index is 10.8. The third kappa shape index (κ3) is 1.45. The van der Waals surface area contributed by atoms with Crippen molar-refractivity contribution in [1.82, 2.24) is 0 Å². The van der Waals surface area contributed by atoms with Crippen LogP contribution in [0, 0.1) is 27.7 Å². The van der Waals surface area contributed by atoms with Crippen LogP contribution in [-0.2, 0) is 4.79 Å². The molecule has 1 aromatic carbocycles. The first kappa shape index (κ1) is 10.9. The van der Waals surface area contributed by atoms with Gasteiger partial charge in [0, 0.05) is 11.1 Å². The Hall–Kier alpha value is -1.57. The molecule has 0 saturated carbocycles. The van der Waals surface area contributed by atoms with Gasteiger partial charge in [-0.15, -0.1) is 0 Å². The normalized spacial score (nSPS) is 13.9. The highest BCUT2D eigenvalue weighted by molar-refractivity contribution is 5.86. The second-order valence-corrected chi connectivity index (χ2v) is 4.37. The van der Waals surface area contributed by atoms with Gasteiger partial charge in [-0.2, -0.15) is 0 Å². The lowest BCUT2D eigenvalue weighted by molar-refractivity contribution is -0.105. The summed E-state index contributed by atoms with van der Waals surface area (Å²) in [7, 11) is 0. The van der Waals surface area contributed by atoms with Crippen LogP contribution in [-0.4, -0.2) is 12.9 Å². The highest BCUT2D eigenvalue weighted by Crippen LogP contribution is 2.36. The molecule has 16 heavy (non-hydrogen) atoms. The lowest BCUT2D eigenvalue weighted by Gasteiger charge is -2.22. The summed E-state index contributed by atoms with van der Waals surface area (Å²) in [6, 6.07) is 0. The maximum atomic E-state index is 10.8. The average Bonchev–Trinajstić information content (AvgIpc) is 2.33. The van der Waals surface area contributed by atoms with Crippen LogP contribution < -0.4 is 4.74 Å². The summed E-state index contributed by atoms with van der Waals surface area (Å²) in [6.07, 6.45) is 2.81. The van der Waals surface area contributed by atoms with Crippen molar-refractivity contribution in [2.75, 3.05) is 6.61 Å². The molecule has 0 atom stereocenters. The number of hydrogen-bond acceptors (Lipinski definition) is 2. The molecular weight excluding hydrogens is 200 g/mol. The predicted molar refractivity (Wildman–Crippen MR) is 64.9 cm³/mol. The van der Waals surface area contributed by atoms with Gasteiger partial charge >= 0.3 is 0 Å². The largest absolute Gasteiger partial charge is 0.488 e. The van der Waals surface area contributed by atoms with Crippen LogP contribution in [0.5, 0.6) is 5.75 Å². The molecule has 1 aliphatic rings. The Morgan fingerprint density at radius 3 is 2.31 bits per heavy atom. The summed E-state index contributed by atoms with van der Waals surface area (Å²) in [5.74, 6) is 0.936. The van der Waals surface area contributed by atoms with Crippen LogP contribution in [0.2, 0.25) is 0 Å². The molecular formula is C14H16O2. The standard InChI is InChI=1S/C14H16O2/c1-8-9(2)11(4)14-13(10(8)3)5-12(6-15)7-16-14/h5-6H,7H2,1-4H3. The molecule has 0 amide bonds. The number of carbonyl (C=O) groups is 1. The number of ether oxygens (including phenoxy) is 1. The van der Waals surface area contributed by atoms with Crippen LogP contribution >= 0.6 is 0 Å². The van der Waals surface area contributed by atoms with Crippen LogP contribution in [0.4, 0.5) is 0 Å². The van der Waals surface area contributed by atoms with Crippen molar-refractivity contribution in [3.8, 4) is 5.75 Å². The first-order chi connectivity index (χ1) is 7.56. The van der Waals surface area contributed by atoms with Crippen LogP contribution in [0.3, 0.4) is 0 Å². The van der Waals surface area contributed by atoms with Gasteiger partial charge in [0.15, 0.2) is 0 Å². The van der Waals surface area contributed by atoms with Gasteiger partial charge < -0.3 is 4.74 Å². The monoisotopic (exact) mass is 216 g/mol. The molecule has 0 spiro atoms. The first-order valence-electron chi connectivity index (χ1n) is 5.45. The van der Waals surface area contributed by atoms with Crippen molar-refractivity contribution in [3.05, 3.63) is 33.4 Å². The van der Waals surface area contributed by atoms with Gasteiger partial charge in [0.25, 0.3) is 0 Å². The minimum atomic E-state index is 0.388. The first-order valence-corrected chi connectivity index (χ1v) is 5.45. The molecule has 2 nitrogen and oxygen atoms in total. The molecule has 0 aromatic heterocycles. The molecule has 1 aliphatic heterocycles. The van der Waals surface area contributed by atoms with E-state index in [1.165, 1.54) is 22.3 Å². The van der Waals surface area contributed by atoms with E-state index in [4.69, 9.17) is 4.74 Å². The van der Waals surface area contributed by atoms with Crippen molar-refractivity contribution >= 4 is 12.4 Å². The number of fused-ring (bicyclic) bond motifs is 1. The Morgan fingerprint density at radius 2 is 1.69 bits per heavy atom. The SMILES string of the molecule is Cc1c(C)c(C)c2c(c1C)C=C(C=O)CO2. The molecule has 1 aromatic rings. The molecule has 0 fully saturated rings. The molecule has 0 unspecified atom stereocenters. The van der Waals surface area contributed by atoms with E-state index in [1.807, 2.05) is 6.08 Å². The average molecular weight is 216 g/mol. The lowest BCUT2D eigenvalue weighted by atomic mass is 9.91. The Kier molecular flexibility index (Phi) is 2.58. The number of aldehydes is 1. The molecule has 0 saturated heterocycles. The molecule has 0 bridgehead atoms. The minimum absolute atomic E-state index is 0.388. The van der Waals surface area contributed by atoms with Gasteiger partial charge in [0.1, 0.15) is 18.6 Å². The highest BCUT2D eigenvalue weighted by Gasteiger charge is 2.19. The zero-order valence-electron chi connectivity index (χ0n) is 10.2. The van der Waals surface area contributed by atoms with E-state index in [2.05, 4.69) is 27.7 Å². The smallest absolute Gasteiger partial charge is 0.149 e. The minimum Gasteiger partial charge on any atom is -0.488 e. The summed E-state index contributed by atoms with van der Waals surface area (Å²) < 4.78 is 5.67. The fraction of sp³-hybridized carbons (Fsp3) is 0.357. The quantitative estimate of drug-likeness (QED) is 0.675. The zero-order chi connectivity index (χ0) is 11.9. The Morgan fingerprint density at radius 1 is 1.06 bits per heavy atom. The molecule has 1 heterocycles. The second kappa shape index (κ2) is 3.78. The van der Waals surface area contributed by atoms with Crippen LogP contribution in [0.1, 0.15) is 27.8 Å². The summed E-state index contributed by atoms with van der Waals surface area (Å²) in [4.78, 5) is 10.8. The third-order valence-electron chi connectivity index (χ3n) is 3.54. The molecule has 84 valence electrons. The van der Waals surface area contributed by atoms with E-state index >= 15 is 0 Å². The Bertz CT molecular complexity index is 496. The fourth-order valence-electron chi connectivity index (χ4n) is 2.12.